The molecule has 3 aromatic rings. The molecule has 0 aliphatic heterocycles. The van der Waals surface area contributed by atoms with Gasteiger partial charge in [-0.05, 0) is 44.3 Å². The van der Waals surface area contributed by atoms with Crippen LogP contribution in [0.5, 0.6) is 5.75 Å². The number of amides is 1. The first-order valence-corrected chi connectivity index (χ1v) is 10.3. The number of rotatable bonds is 7. The number of nitrogens with zero attached hydrogens (tertiary/aromatic N) is 3. The Morgan fingerprint density at radius 3 is 2.57 bits per heavy atom. The number of methoxy groups -OCH3 is 1. The van der Waals surface area contributed by atoms with Crippen molar-refractivity contribution < 1.29 is 9.53 Å². The summed E-state index contributed by atoms with van der Waals surface area (Å²) in [5.41, 5.74) is 2.43. The Balaban J connectivity index is 1.74. The van der Waals surface area contributed by atoms with Gasteiger partial charge in [0.05, 0.1) is 25.0 Å². The predicted octanol–water partition coefficient (Wildman–Crippen LogP) is 3.33. The number of para-hydroxylation sites is 1. The van der Waals surface area contributed by atoms with Crippen molar-refractivity contribution >= 4 is 27.5 Å². The van der Waals surface area contributed by atoms with Crippen molar-refractivity contribution in [3.05, 3.63) is 74.6 Å². The number of hydrogen-bond acceptors (Lipinski definition) is 4. The summed E-state index contributed by atoms with van der Waals surface area (Å²) in [5, 5.41) is 2.79. The smallest absolute Gasteiger partial charge is 0.295 e. The highest BCUT2D eigenvalue weighted by Gasteiger charge is 2.19. The van der Waals surface area contributed by atoms with Crippen molar-refractivity contribution in [2.45, 2.75) is 13.5 Å². The van der Waals surface area contributed by atoms with Gasteiger partial charge in [0.1, 0.15) is 11.4 Å². The molecule has 0 saturated carbocycles. The van der Waals surface area contributed by atoms with E-state index in [0.717, 1.165) is 21.5 Å². The Morgan fingerprint density at radius 1 is 1.20 bits per heavy atom. The lowest BCUT2D eigenvalue weighted by Crippen LogP contribution is -2.31. The fourth-order valence-corrected chi connectivity index (χ4v) is 3.76. The van der Waals surface area contributed by atoms with Crippen molar-refractivity contribution in [3.8, 4) is 11.4 Å². The second-order valence-electron chi connectivity index (χ2n) is 7.11. The summed E-state index contributed by atoms with van der Waals surface area (Å²) in [7, 11) is 5.26. The summed E-state index contributed by atoms with van der Waals surface area (Å²) >= 11 is 3.46. The van der Waals surface area contributed by atoms with E-state index in [0.29, 0.717) is 17.9 Å². The minimum absolute atomic E-state index is 0.134. The fraction of sp³-hybridized carbons (Fsp3) is 0.273. The van der Waals surface area contributed by atoms with Gasteiger partial charge in [-0.3, -0.25) is 19.2 Å². The highest BCUT2D eigenvalue weighted by Crippen LogP contribution is 2.24. The molecule has 8 heteroatoms. The van der Waals surface area contributed by atoms with Gasteiger partial charge in [0.15, 0.2) is 0 Å². The van der Waals surface area contributed by atoms with E-state index in [1.54, 1.807) is 23.5 Å². The maximum absolute atomic E-state index is 12.9. The zero-order valence-electron chi connectivity index (χ0n) is 17.5. The quantitative estimate of drug-likeness (QED) is 0.572. The number of aromatic nitrogens is 2. The van der Waals surface area contributed by atoms with E-state index in [2.05, 4.69) is 21.2 Å². The zero-order valence-corrected chi connectivity index (χ0v) is 19.1. The maximum Gasteiger partial charge on any atom is 0.295 e. The van der Waals surface area contributed by atoms with Gasteiger partial charge < -0.3 is 10.1 Å². The van der Waals surface area contributed by atoms with Crippen LogP contribution in [0.25, 0.3) is 5.69 Å². The second-order valence-corrected chi connectivity index (χ2v) is 8.03. The minimum Gasteiger partial charge on any atom is -0.496 e. The van der Waals surface area contributed by atoms with E-state index in [1.165, 1.54) is 0 Å². The molecule has 0 unspecified atom stereocenters. The molecule has 0 bridgehead atoms. The number of ether oxygens (including phenoxy) is 1. The monoisotopic (exact) mass is 472 g/mol. The van der Waals surface area contributed by atoms with Crippen LogP contribution < -0.4 is 15.6 Å². The standard InChI is InChI=1S/C22H25BrN4O3/c1-15-21(22(29)27(26(15)3)18-8-6-5-7-9-18)24-20(28)14-25(2)13-16-12-17(23)10-11-19(16)30-4/h5-12H,13-14H2,1-4H3,(H,24,28). The molecule has 0 aliphatic carbocycles. The maximum atomic E-state index is 12.9. The second kappa shape index (κ2) is 9.32. The summed E-state index contributed by atoms with van der Waals surface area (Å²) in [4.78, 5) is 27.5. The van der Waals surface area contributed by atoms with Crippen LogP contribution in [0.3, 0.4) is 0 Å². The van der Waals surface area contributed by atoms with Gasteiger partial charge in [-0.2, -0.15) is 0 Å². The number of nitrogens with one attached hydrogen (secondary N) is 1. The number of carbonyl (C=O) groups is 1. The number of carbonyl (C=O) groups excluding carboxylic acids is 1. The number of benzene rings is 2. The molecular weight excluding hydrogens is 448 g/mol. The van der Waals surface area contributed by atoms with Crippen molar-refractivity contribution in [2.75, 3.05) is 26.0 Å². The highest BCUT2D eigenvalue weighted by molar-refractivity contribution is 9.10. The van der Waals surface area contributed by atoms with Gasteiger partial charge >= 0.3 is 0 Å². The molecule has 1 N–H and O–H groups in total. The fourth-order valence-electron chi connectivity index (χ4n) is 3.35. The summed E-state index contributed by atoms with van der Waals surface area (Å²) < 4.78 is 9.62. The van der Waals surface area contributed by atoms with Crippen LogP contribution in [0.4, 0.5) is 5.69 Å². The van der Waals surface area contributed by atoms with Crippen molar-refractivity contribution in [1.29, 1.82) is 0 Å². The third-order valence-electron chi connectivity index (χ3n) is 4.91. The first kappa shape index (κ1) is 21.9. The molecule has 0 fully saturated rings. The first-order chi connectivity index (χ1) is 14.3. The summed E-state index contributed by atoms with van der Waals surface area (Å²) in [6, 6.07) is 15.1. The van der Waals surface area contributed by atoms with Crippen LogP contribution >= 0.6 is 15.9 Å². The Kier molecular flexibility index (Phi) is 6.79. The molecule has 0 atom stereocenters. The van der Waals surface area contributed by atoms with Crippen LogP contribution in [0.15, 0.2) is 57.8 Å². The van der Waals surface area contributed by atoms with E-state index < -0.39 is 0 Å². The molecule has 0 saturated heterocycles. The van der Waals surface area contributed by atoms with Crippen LogP contribution in [-0.4, -0.2) is 40.9 Å². The minimum atomic E-state index is -0.258. The molecule has 3 rings (SSSR count). The SMILES string of the molecule is COc1ccc(Br)cc1CN(C)CC(=O)Nc1c(C)n(C)n(-c2ccccc2)c1=O. The van der Waals surface area contributed by atoms with E-state index >= 15 is 0 Å². The normalized spacial score (nSPS) is 11.0. The van der Waals surface area contributed by atoms with Gasteiger partial charge in [-0.15, -0.1) is 0 Å². The van der Waals surface area contributed by atoms with Crippen molar-refractivity contribution in [3.63, 3.8) is 0 Å². The predicted molar refractivity (Wildman–Crippen MR) is 121 cm³/mol. The Morgan fingerprint density at radius 2 is 1.90 bits per heavy atom. The largest absolute Gasteiger partial charge is 0.496 e. The molecule has 1 aromatic heterocycles. The number of anilines is 1. The Bertz CT molecular complexity index is 1110. The molecule has 0 aliphatic rings. The summed E-state index contributed by atoms with van der Waals surface area (Å²) in [5.74, 6) is 0.507. The first-order valence-electron chi connectivity index (χ1n) is 9.46. The lowest BCUT2D eigenvalue weighted by atomic mass is 10.2. The van der Waals surface area contributed by atoms with E-state index in [4.69, 9.17) is 4.74 Å². The molecular formula is C22H25BrN4O3. The Labute approximate surface area is 184 Å². The Hall–Kier alpha value is -2.84. The third kappa shape index (κ3) is 4.66. The van der Waals surface area contributed by atoms with Gasteiger partial charge in [-0.1, -0.05) is 34.1 Å². The molecule has 2 aromatic carbocycles. The molecule has 0 spiro atoms. The van der Waals surface area contributed by atoms with Crippen molar-refractivity contribution in [1.82, 2.24) is 14.3 Å². The van der Waals surface area contributed by atoms with Gasteiger partial charge in [0.2, 0.25) is 5.91 Å². The third-order valence-corrected chi connectivity index (χ3v) is 5.41. The van der Waals surface area contributed by atoms with Crippen LogP contribution in [-0.2, 0) is 18.4 Å². The molecule has 0 radical (unpaired) electrons. The van der Waals surface area contributed by atoms with Crippen LogP contribution in [0, 0.1) is 6.92 Å². The van der Waals surface area contributed by atoms with E-state index in [-0.39, 0.29) is 18.0 Å². The molecule has 158 valence electrons. The molecule has 1 heterocycles. The molecule has 30 heavy (non-hydrogen) atoms. The lowest BCUT2D eigenvalue weighted by molar-refractivity contribution is -0.117. The van der Waals surface area contributed by atoms with Crippen LogP contribution in [0.1, 0.15) is 11.3 Å². The average Bonchev–Trinajstić information content (AvgIpc) is 2.92. The lowest BCUT2D eigenvalue weighted by Gasteiger charge is -2.18. The number of halogens is 1. The van der Waals surface area contributed by atoms with Gasteiger partial charge in [0.25, 0.3) is 5.56 Å². The summed E-state index contributed by atoms with van der Waals surface area (Å²) in [6.07, 6.45) is 0. The molecule has 1 amide bonds. The summed E-state index contributed by atoms with van der Waals surface area (Å²) in [6.45, 7) is 2.47. The number of hydrogen-bond donors (Lipinski definition) is 1. The zero-order chi connectivity index (χ0) is 21.8. The number of likely N-dealkylation sites (N-methyl/N-ethyl adjacent to an activating group) is 1. The highest BCUT2D eigenvalue weighted by atomic mass is 79.9. The van der Waals surface area contributed by atoms with Gasteiger partial charge in [-0.25, -0.2) is 4.68 Å². The van der Waals surface area contributed by atoms with Crippen LogP contribution in [0.2, 0.25) is 0 Å². The topological polar surface area (TPSA) is 68.5 Å². The van der Waals surface area contributed by atoms with E-state index in [9.17, 15) is 9.59 Å². The van der Waals surface area contributed by atoms with Crippen molar-refractivity contribution in [2.24, 2.45) is 7.05 Å². The molecule has 7 nitrogen and oxygen atoms in total. The average molecular weight is 473 g/mol. The van der Waals surface area contributed by atoms with E-state index in [1.807, 2.05) is 67.4 Å². The van der Waals surface area contributed by atoms with Gasteiger partial charge in [0, 0.05) is 23.6 Å².